The lowest BCUT2D eigenvalue weighted by Crippen LogP contribution is -2.09. The summed E-state index contributed by atoms with van der Waals surface area (Å²) in [7, 11) is 1.81. The molecule has 0 radical (unpaired) electrons. The Balaban J connectivity index is 2.32. The van der Waals surface area contributed by atoms with E-state index in [1.54, 1.807) is 17.1 Å². The predicted molar refractivity (Wildman–Crippen MR) is 59.0 cm³/mol. The SMILES string of the molecule is Cn1cc(Nc2nc[nH]c(=O)c2Br)cn1. The second kappa shape index (κ2) is 3.85. The van der Waals surface area contributed by atoms with Gasteiger partial charge in [0.2, 0.25) is 0 Å². The summed E-state index contributed by atoms with van der Waals surface area (Å²) >= 11 is 3.15. The molecule has 0 bridgehead atoms. The van der Waals surface area contributed by atoms with E-state index in [9.17, 15) is 4.79 Å². The average molecular weight is 270 g/mol. The van der Waals surface area contributed by atoms with Crippen molar-refractivity contribution in [3.8, 4) is 0 Å². The van der Waals surface area contributed by atoms with Crippen molar-refractivity contribution in [3.63, 3.8) is 0 Å². The number of anilines is 2. The Kier molecular flexibility index (Phi) is 2.55. The molecule has 0 atom stereocenters. The van der Waals surface area contributed by atoms with Crippen LogP contribution in [0.5, 0.6) is 0 Å². The van der Waals surface area contributed by atoms with Crippen molar-refractivity contribution in [1.29, 1.82) is 0 Å². The highest BCUT2D eigenvalue weighted by Gasteiger charge is 2.05. The van der Waals surface area contributed by atoms with Crippen LogP contribution < -0.4 is 10.9 Å². The molecule has 0 saturated heterocycles. The number of aromatic amines is 1. The summed E-state index contributed by atoms with van der Waals surface area (Å²) in [6.45, 7) is 0. The van der Waals surface area contributed by atoms with Crippen LogP contribution in [0, 0.1) is 0 Å². The third-order valence-electron chi connectivity index (χ3n) is 1.76. The van der Waals surface area contributed by atoms with E-state index in [-0.39, 0.29) is 5.56 Å². The number of nitrogens with zero attached hydrogens (tertiary/aromatic N) is 3. The molecule has 0 aliphatic rings. The van der Waals surface area contributed by atoms with E-state index < -0.39 is 0 Å². The van der Waals surface area contributed by atoms with Gasteiger partial charge >= 0.3 is 0 Å². The zero-order chi connectivity index (χ0) is 10.8. The van der Waals surface area contributed by atoms with Crippen LogP contribution >= 0.6 is 15.9 Å². The minimum absolute atomic E-state index is 0.226. The van der Waals surface area contributed by atoms with Gasteiger partial charge in [-0.25, -0.2) is 4.98 Å². The first-order valence-electron chi connectivity index (χ1n) is 4.15. The molecule has 15 heavy (non-hydrogen) atoms. The van der Waals surface area contributed by atoms with E-state index in [0.29, 0.717) is 10.3 Å². The smallest absolute Gasteiger partial charge is 0.267 e. The molecule has 0 aromatic carbocycles. The van der Waals surface area contributed by atoms with Gasteiger partial charge in [-0.2, -0.15) is 5.10 Å². The third kappa shape index (κ3) is 2.07. The Morgan fingerprint density at radius 3 is 3.07 bits per heavy atom. The minimum Gasteiger partial charge on any atom is -0.337 e. The normalized spacial score (nSPS) is 10.3. The van der Waals surface area contributed by atoms with Crippen LogP contribution in [0.15, 0.2) is 28.0 Å². The molecule has 0 amide bonds. The van der Waals surface area contributed by atoms with Gasteiger partial charge in [0.25, 0.3) is 5.56 Å². The number of aromatic nitrogens is 4. The summed E-state index contributed by atoms with van der Waals surface area (Å²) in [5.74, 6) is 0.465. The van der Waals surface area contributed by atoms with Gasteiger partial charge in [0.05, 0.1) is 18.2 Å². The predicted octanol–water partition coefficient (Wildman–Crippen LogP) is 1.01. The average Bonchev–Trinajstić information content (AvgIpc) is 2.59. The first-order valence-corrected chi connectivity index (χ1v) is 4.95. The van der Waals surface area contributed by atoms with E-state index >= 15 is 0 Å². The van der Waals surface area contributed by atoms with Crippen molar-refractivity contribution in [1.82, 2.24) is 19.7 Å². The van der Waals surface area contributed by atoms with Crippen LogP contribution in [-0.2, 0) is 7.05 Å². The van der Waals surface area contributed by atoms with Crippen LogP contribution in [0.4, 0.5) is 11.5 Å². The number of aryl methyl sites for hydroxylation is 1. The quantitative estimate of drug-likeness (QED) is 0.853. The monoisotopic (exact) mass is 269 g/mol. The number of hydrogen-bond donors (Lipinski definition) is 2. The molecule has 2 N–H and O–H groups in total. The van der Waals surface area contributed by atoms with Gasteiger partial charge in [-0.1, -0.05) is 0 Å². The molecule has 7 heteroatoms. The lowest BCUT2D eigenvalue weighted by atomic mass is 10.5. The Morgan fingerprint density at radius 2 is 2.40 bits per heavy atom. The van der Waals surface area contributed by atoms with E-state index in [4.69, 9.17) is 0 Å². The molecular formula is C8H8BrN5O. The van der Waals surface area contributed by atoms with Crippen molar-refractivity contribution in [3.05, 3.63) is 33.5 Å². The minimum atomic E-state index is -0.226. The maximum absolute atomic E-state index is 11.2. The van der Waals surface area contributed by atoms with Crippen molar-refractivity contribution in [2.75, 3.05) is 5.32 Å². The molecular weight excluding hydrogens is 262 g/mol. The van der Waals surface area contributed by atoms with Crippen LogP contribution in [0.3, 0.4) is 0 Å². The van der Waals surface area contributed by atoms with Crippen molar-refractivity contribution in [2.45, 2.75) is 0 Å². The molecule has 2 aromatic rings. The van der Waals surface area contributed by atoms with Crippen LogP contribution in [0.25, 0.3) is 0 Å². The molecule has 78 valence electrons. The number of hydrogen-bond acceptors (Lipinski definition) is 4. The summed E-state index contributed by atoms with van der Waals surface area (Å²) in [4.78, 5) is 17.7. The third-order valence-corrected chi connectivity index (χ3v) is 2.50. The maximum atomic E-state index is 11.2. The molecule has 0 aliphatic carbocycles. The van der Waals surface area contributed by atoms with Gasteiger partial charge < -0.3 is 10.3 Å². The van der Waals surface area contributed by atoms with Gasteiger partial charge in [-0.3, -0.25) is 9.48 Å². The molecule has 2 rings (SSSR count). The van der Waals surface area contributed by atoms with Crippen molar-refractivity contribution in [2.24, 2.45) is 7.05 Å². The van der Waals surface area contributed by atoms with Gasteiger partial charge in [0.15, 0.2) is 5.82 Å². The number of halogens is 1. The number of nitrogens with one attached hydrogen (secondary N) is 2. The maximum Gasteiger partial charge on any atom is 0.267 e. The molecule has 0 saturated carbocycles. The highest BCUT2D eigenvalue weighted by Crippen LogP contribution is 2.18. The lowest BCUT2D eigenvalue weighted by molar-refractivity contribution is 0.768. The van der Waals surface area contributed by atoms with Gasteiger partial charge in [0.1, 0.15) is 4.47 Å². The summed E-state index contributed by atoms with van der Waals surface area (Å²) < 4.78 is 2.03. The van der Waals surface area contributed by atoms with Gasteiger partial charge in [-0.15, -0.1) is 0 Å². The van der Waals surface area contributed by atoms with E-state index in [0.717, 1.165) is 5.69 Å². The molecule has 2 heterocycles. The summed E-state index contributed by atoms with van der Waals surface area (Å²) in [5, 5.41) is 6.96. The fourth-order valence-corrected chi connectivity index (χ4v) is 1.41. The van der Waals surface area contributed by atoms with E-state index in [2.05, 4.69) is 36.3 Å². The Labute approximate surface area is 93.5 Å². The zero-order valence-electron chi connectivity index (χ0n) is 7.86. The van der Waals surface area contributed by atoms with E-state index in [1.165, 1.54) is 6.33 Å². The molecule has 0 fully saturated rings. The van der Waals surface area contributed by atoms with Crippen LogP contribution in [-0.4, -0.2) is 19.7 Å². The lowest BCUT2D eigenvalue weighted by Gasteiger charge is -2.02. The van der Waals surface area contributed by atoms with Crippen molar-refractivity contribution >= 4 is 27.4 Å². The Hall–Kier alpha value is -1.63. The largest absolute Gasteiger partial charge is 0.337 e. The first kappa shape index (κ1) is 9.91. The zero-order valence-corrected chi connectivity index (χ0v) is 9.45. The standard InChI is InChI=1S/C8H8BrN5O/c1-14-3-5(2-12-14)13-7-6(9)8(15)11-4-10-7/h2-4H,1H3,(H2,10,11,13,15). The topological polar surface area (TPSA) is 75.6 Å². The molecule has 0 spiro atoms. The number of rotatable bonds is 2. The van der Waals surface area contributed by atoms with Crippen LogP contribution in [0.1, 0.15) is 0 Å². The fraction of sp³-hybridized carbons (Fsp3) is 0.125. The molecule has 0 aliphatic heterocycles. The Bertz CT molecular complexity index is 532. The van der Waals surface area contributed by atoms with Gasteiger partial charge in [0, 0.05) is 13.2 Å². The Morgan fingerprint density at radius 1 is 1.60 bits per heavy atom. The first-order chi connectivity index (χ1) is 7.16. The molecule has 6 nitrogen and oxygen atoms in total. The molecule has 2 aromatic heterocycles. The highest BCUT2D eigenvalue weighted by atomic mass is 79.9. The second-order valence-corrected chi connectivity index (χ2v) is 3.71. The van der Waals surface area contributed by atoms with E-state index in [1.807, 2.05) is 7.05 Å². The van der Waals surface area contributed by atoms with Gasteiger partial charge in [-0.05, 0) is 15.9 Å². The highest BCUT2D eigenvalue weighted by molar-refractivity contribution is 9.10. The second-order valence-electron chi connectivity index (χ2n) is 2.92. The fourth-order valence-electron chi connectivity index (χ4n) is 1.09. The summed E-state index contributed by atoms with van der Waals surface area (Å²) in [6.07, 6.45) is 4.77. The summed E-state index contributed by atoms with van der Waals surface area (Å²) in [5.41, 5.74) is 0.549. The van der Waals surface area contributed by atoms with Crippen LogP contribution in [0.2, 0.25) is 0 Å². The number of H-pyrrole nitrogens is 1. The molecule has 0 unspecified atom stereocenters. The summed E-state index contributed by atoms with van der Waals surface area (Å²) in [6, 6.07) is 0. The van der Waals surface area contributed by atoms with Crippen molar-refractivity contribution < 1.29 is 0 Å².